The van der Waals surface area contributed by atoms with E-state index in [0.29, 0.717) is 25.9 Å². The Morgan fingerprint density at radius 3 is 2.31 bits per heavy atom. The zero-order valence-corrected chi connectivity index (χ0v) is 23.9. The summed E-state index contributed by atoms with van der Waals surface area (Å²) in [6.07, 6.45) is 9.76. The second-order valence-electron chi connectivity index (χ2n) is 11.6. The van der Waals surface area contributed by atoms with E-state index in [1.807, 2.05) is 19.9 Å². The van der Waals surface area contributed by atoms with Crippen LogP contribution in [0.2, 0.25) is 0 Å². The first-order valence-corrected chi connectivity index (χ1v) is 14.1. The molecule has 39 heavy (non-hydrogen) atoms. The molecule has 4 aliphatic carbocycles. The molecule has 0 aromatic heterocycles. The minimum atomic E-state index is -1.56. The van der Waals surface area contributed by atoms with Crippen LogP contribution in [-0.2, 0) is 23.9 Å². The Balaban J connectivity index is 0.000000343. The number of ketones is 2. The standard InChI is InChI=1S/C21H28O5.C5H10O2.C4H8O2/c1-19-7-5-13(23)9-12(19)3-4-14-15-6-8-21(26,17(25)11-22)20(15,2)10-16(24)18(14)19;1-2-3-4-5(6)7;1-3-6-4(2)5/h5,7,9,14-16,18,22,24,26H,3-4,6,8,10-11H2,1-2H3;2-4H2,1H3,(H,6,7);3H2,1-2H3/t14-,15-,16-,18+,19-,20-,21-;;/m0../s1. The number of carbonyl (C=O) groups excluding carboxylic acids is 3. The topological polar surface area (TPSA) is 158 Å². The van der Waals surface area contributed by atoms with Crippen LogP contribution >= 0.6 is 0 Å². The first kappa shape index (κ1) is 32.8. The van der Waals surface area contributed by atoms with Crippen molar-refractivity contribution >= 4 is 23.5 Å². The normalized spacial score (nSPS) is 36.0. The zero-order chi connectivity index (χ0) is 29.6. The minimum Gasteiger partial charge on any atom is -0.481 e. The monoisotopic (exact) mass is 550 g/mol. The summed E-state index contributed by atoms with van der Waals surface area (Å²) in [5.74, 6) is -1.13. The summed E-state index contributed by atoms with van der Waals surface area (Å²) >= 11 is 0. The Morgan fingerprint density at radius 2 is 1.82 bits per heavy atom. The van der Waals surface area contributed by atoms with Gasteiger partial charge < -0.3 is 25.2 Å². The van der Waals surface area contributed by atoms with E-state index in [4.69, 9.17) is 5.11 Å². The number of fused-ring (bicyclic) bond motifs is 5. The van der Waals surface area contributed by atoms with Gasteiger partial charge in [0, 0.05) is 30.1 Å². The van der Waals surface area contributed by atoms with Crippen molar-refractivity contribution in [3.05, 3.63) is 23.8 Å². The van der Waals surface area contributed by atoms with Crippen molar-refractivity contribution in [1.82, 2.24) is 0 Å². The van der Waals surface area contributed by atoms with Gasteiger partial charge in [0.15, 0.2) is 11.6 Å². The molecule has 0 aromatic carbocycles. The van der Waals surface area contributed by atoms with Gasteiger partial charge >= 0.3 is 11.9 Å². The molecule has 4 rings (SSSR count). The molecule has 9 nitrogen and oxygen atoms in total. The molecule has 0 bridgehead atoms. The largest absolute Gasteiger partial charge is 0.481 e. The molecule has 0 radical (unpaired) electrons. The van der Waals surface area contributed by atoms with Gasteiger partial charge in [0.25, 0.3) is 0 Å². The fourth-order valence-electron chi connectivity index (χ4n) is 7.45. The number of carboxylic acid groups (broad SMARTS) is 1. The number of rotatable bonds is 6. The smallest absolute Gasteiger partial charge is 0.303 e. The predicted octanol–water partition coefficient (Wildman–Crippen LogP) is 3.39. The van der Waals surface area contributed by atoms with E-state index in [-0.39, 0.29) is 34.9 Å². The van der Waals surface area contributed by atoms with Crippen LogP contribution in [0.4, 0.5) is 0 Å². The molecule has 4 aliphatic rings. The number of aliphatic hydroxyl groups is 3. The zero-order valence-electron chi connectivity index (χ0n) is 23.9. The summed E-state index contributed by atoms with van der Waals surface area (Å²) in [5, 5.41) is 39.7. The van der Waals surface area contributed by atoms with E-state index in [0.717, 1.165) is 37.7 Å². The molecule has 220 valence electrons. The van der Waals surface area contributed by atoms with Crippen LogP contribution in [0, 0.1) is 28.6 Å². The van der Waals surface area contributed by atoms with Gasteiger partial charge in [0.1, 0.15) is 12.2 Å². The molecule has 7 atom stereocenters. The third-order valence-corrected chi connectivity index (χ3v) is 9.34. The van der Waals surface area contributed by atoms with Gasteiger partial charge in [-0.05, 0) is 69.4 Å². The van der Waals surface area contributed by atoms with Crippen LogP contribution in [0.15, 0.2) is 23.8 Å². The quantitative estimate of drug-likeness (QED) is 0.364. The van der Waals surface area contributed by atoms with E-state index in [9.17, 15) is 34.5 Å². The van der Waals surface area contributed by atoms with Crippen molar-refractivity contribution in [3.63, 3.8) is 0 Å². The molecule has 0 spiro atoms. The molecule has 0 aromatic rings. The molecular formula is C30H46O9. The maximum atomic E-state index is 12.4. The number of carboxylic acids is 1. The second kappa shape index (κ2) is 13.3. The number of unbranched alkanes of at least 4 members (excludes halogenated alkanes) is 1. The molecule has 9 heteroatoms. The number of aliphatic carboxylic acids is 1. The lowest BCUT2D eigenvalue weighted by molar-refractivity contribution is -0.178. The number of hydrogen-bond donors (Lipinski definition) is 4. The van der Waals surface area contributed by atoms with Gasteiger partial charge in [-0.3, -0.25) is 19.2 Å². The van der Waals surface area contributed by atoms with E-state index < -0.39 is 35.5 Å². The van der Waals surface area contributed by atoms with Crippen molar-refractivity contribution in [1.29, 1.82) is 0 Å². The van der Waals surface area contributed by atoms with Crippen molar-refractivity contribution < 1.29 is 44.3 Å². The number of carbonyl (C=O) groups is 4. The Labute approximate surface area is 231 Å². The van der Waals surface area contributed by atoms with Crippen LogP contribution < -0.4 is 0 Å². The lowest BCUT2D eigenvalue weighted by Gasteiger charge is -2.59. The summed E-state index contributed by atoms with van der Waals surface area (Å²) in [4.78, 5) is 43.7. The average Bonchev–Trinajstić information content (AvgIpc) is 3.14. The number of esters is 1. The van der Waals surface area contributed by atoms with Gasteiger partial charge in [-0.15, -0.1) is 0 Å². The third kappa shape index (κ3) is 6.69. The fraction of sp³-hybridized carbons (Fsp3) is 0.733. The molecule has 0 amide bonds. The molecule has 4 N–H and O–H groups in total. The first-order chi connectivity index (χ1) is 18.2. The number of ether oxygens (including phenoxy) is 1. The Bertz CT molecular complexity index is 985. The van der Waals surface area contributed by atoms with Crippen LogP contribution in [-0.4, -0.2) is 68.8 Å². The Kier molecular flexibility index (Phi) is 11.2. The third-order valence-electron chi connectivity index (χ3n) is 9.34. The number of hydrogen-bond acceptors (Lipinski definition) is 8. The molecule has 0 aliphatic heterocycles. The average molecular weight is 551 g/mol. The van der Waals surface area contributed by atoms with E-state index in [2.05, 4.69) is 11.7 Å². The van der Waals surface area contributed by atoms with E-state index >= 15 is 0 Å². The predicted molar refractivity (Wildman–Crippen MR) is 145 cm³/mol. The maximum absolute atomic E-state index is 12.4. The fourth-order valence-corrected chi connectivity index (χ4v) is 7.45. The molecule has 3 saturated carbocycles. The number of aliphatic hydroxyl groups excluding tert-OH is 2. The summed E-state index contributed by atoms with van der Waals surface area (Å²) in [6, 6.07) is 0. The molecule has 0 heterocycles. The summed E-state index contributed by atoms with van der Waals surface area (Å²) in [6.45, 7) is 8.97. The highest BCUT2D eigenvalue weighted by molar-refractivity contribution is 6.01. The van der Waals surface area contributed by atoms with E-state index in [1.54, 1.807) is 19.1 Å². The number of Topliss-reactive ketones (excluding diaryl/α,β-unsaturated/α-hetero) is 1. The lowest BCUT2D eigenvalue weighted by Crippen LogP contribution is -2.61. The van der Waals surface area contributed by atoms with Gasteiger partial charge in [0.2, 0.25) is 0 Å². The Morgan fingerprint density at radius 1 is 1.15 bits per heavy atom. The second-order valence-corrected chi connectivity index (χ2v) is 11.6. The first-order valence-electron chi connectivity index (χ1n) is 14.1. The highest BCUT2D eigenvalue weighted by atomic mass is 16.5. The van der Waals surface area contributed by atoms with Crippen molar-refractivity contribution in [2.45, 2.75) is 97.7 Å². The van der Waals surface area contributed by atoms with Crippen molar-refractivity contribution in [2.24, 2.45) is 28.6 Å². The lowest BCUT2D eigenvalue weighted by atomic mass is 9.46. The summed E-state index contributed by atoms with van der Waals surface area (Å²) in [5.41, 5.74) is -1.54. The number of allylic oxidation sites excluding steroid dienone is 4. The molecular weight excluding hydrogens is 504 g/mol. The molecule has 0 unspecified atom stereocenters. The van der Waals surface area contributed by atoms with Crippen LogP contribution in [0.3, 0.4) is 0 Å². The highest BCUT2D eigenvalue weighted by Gasteiger charge is 2.67. The minimum absolute atomic E-state index is 0.00912. The van der Waals surface area contributed by atoms with Crippen molar-refractivity contribution in [3.8, 4) is 0 Å². The molecule has 3 fully saturated rings. The highest BCUT2D eigenvalue weighted by Crippen LogP contribution is 2.67. The van der Waals surface area contributed by atoms with Gasteiger partial charge in [-0.25, -0.2) is 0 Å². The van der Waals surface area contributed by atoms with Crippen LogP contribution in [0.5, 0.6) is 0 Å². The van der Waals surface area contributed by atoms with Crippen LogP contribution in [0.1, 0.15) is 86.0 Å². The Hall–Kier alpha value is -2.36. The SMILES string of the molecule is CCCCC(=O)O.CCOC(C)=O.C[C@]12C=CC(=O)C=C1CC[C@@H]1[C@@H]2[C@@H](O)C[C@@]2(C)[C@H]1CC[C@]2(O)C(=O)CO. The van der Waals surface area contributed by atoms with Gasteiger partial charge in [0.05, 0.1) is 12.7 Å². The maximum Gasteiger partial charge on any atom is 0.303 e. The van der Waals surface area contributed by atoms with Crippen LogP contribution in [0.25, 0.3) is 0 Å². The van der Waals surface area contributed by atoms with Gasteiger partial charge in [-0.2, -0.15) is 0 Å². The van der Waals surface area contributed by atoms with Crippen molar-refractivity contribution in [2.75, 3.05) is 13.2 Å². The summed E-state index contributed by atoms with van der Waals surface area (Å²) < 4.78 is 4.40. The van der Waals surface area contributed by atoms with E-state index in [1.165, 1.54) is 6.92 Å². The summed E-state index contributed by atoms with van der Waals surface area (Å²) in [7, 11) is 0. The molecule has 0 saturated heterocycles. The van der Waals surface area contributed by atoms with Gasteiger partial charge in [-0.1, -0.05) is 38.8 Å².